The summed E-state index contributed by atoms with van der Waals surface area (Å²) in [6.07, 6.45) is 2.91. The van der Waals surface area contributed by atoms with Crippen molar-refractivity contribution < 1.29 is 34.7 Å². The maximum Gasteiger partial charge on any atom is 0.342 e. The summed E-state index contributed by atoms with van der Waals surface area (Å²) in [5, 5.41) is 39.7. The Hall–Kier alpha value is -2.22. The van der Waals surface area contributed by atoms with E-state index in [2.05, 4.69) is 0 Å². The fourth-order valence-electron chi connectivity index (χ4n) is 2.93. The number of halogens is 1. The number of hydrogen-bond donors (Lipinski definition) is 4. The predicted molar refractivity (Wildman–Crippen MR) is 93.3 cm³/mol. The first kappa shape index (κ1) is 18.6. The standard InChI is InChI=1S/C18H19ClO7/c1-8-4-14-15(26-14)6-10(21)3-2-9(20)5-11-16(18(24)25-8)12(22)7-13(23)17(11)19/h2-3,5,7-8,10,14-15,20-23H,4,6H2,1H3/b3-2-,9-5+/t8-,10-,14-,15-/m1/s1. The van der Waals surface area contributed by atoms with E-state index in [0.717, 1.165) is 12.1 Å². The number of rotatable bonds is 0. The zero-order valence-corrected chi connectivity index (χ0v) is 14.7. The van der Waals surface area contributed by atoms with E-state index in [9.17, 15) is 25.2 Å². The van der Waals surface area contributed by atoms with Gasteiger partial charge in [-0.2, -0.15) is 0 Å². The maximum atomic E-state index is 12.5. The van der Waals surface area contributed by atoms with Gasteiger partial charge in [-0.25, -0.2) is 4.79 Å². The molecule has 4 atom stereocenters. The number of epoxide rings is 1. The van der Waals surface area contributed by atoms with Crippen LogP contribution in [0.3, 0.4) is 0 Å². The lowest BCUT2D eigenvalue weighted by Crippen LogP contribution is -2.19. The number of fused-ring (bicyclic) bond motifs is 2. The van der Waals surface area contributed by atoms with E-state index in [1.807, 2.05) is 0 Å². The first-order valence-electron chi connectivity index (χ1n) is 8.14. The Bertz CT molecular complexity index is 786. The molecule has 1 aromatic rings. The van der Waals surface area contributed by atoms with E-state index >= 15 is 0 Å². The van der Waals surface area contributed by atoms with Crippen molar-refractivity contribution in [2.24, 2.45) is 0 Å². The van der Waals surface area contributed by atoms with Gasteiger partial charge in [0.15, 0.2) is 0 Å². The Morgan fingerprint density at radius 3 is 2.58 bits per heavy atom. The lowest BCUT2D eigenvalue weighted by Gasteiger charge is -2.16. The van der Waals surface area contributed by atoms with Crippen molar-refractivity contribution >= 4 is 23.6 Å². The van der Waals surface area contributed by atoms with Gasteiger partial charge in [-0.05, 0) is 19.1 Å². The van der Waals surface area contributed by atoms with Gasteiger partial charge < -0.3 is 29.9 Å². The van der Waals surface area contributed by atoms with Gasteiger partial charge in [0.2, 0.25) is 0 Å². The molecule has 2 heterocycles. The second-order valence-electron chi connectivity index (χ2n) is 6.41. The molecular formula is C18H19ClO7. The molecule has 140 valence electrons. The summed E-state index contributed by atoms with van der Waals surface area (Å²) in [6, 6.07) is 0.931. The van der Waals surface area contributed by atoms with E-state index in [-0.39, 0.29) is 34.1 Å². The minimum absolute atomic E-state index is 0.0874. The van der Waals surface area contributed by atoms with Crippen LogP contribution in [0, 0.1) is 0 Å². The highest BCUT2D eigenvalue weighted by Gasteiger charge is 2.41. The number of hydrogen-bond acceptors (Lipinski definition) is 7. The van der Waals surface area contributed by atoms with Crippen LogP contribution in [0.1, 0.15) is 35.7 Å². The normalized spacial score (nSPS) is 32.3. The highest BCUT2D eigenvalue weighted by Crippen LogP contribution is 2.38. The molecule has 1 fully saturated rings. The fraction of sp³-hybridized carbons (Fsp3) is 0.389. The van der Waals surface area contributed by atoms with Crippen molar-refractivity contribution in [1.82, 2.24) is 0 Å². The third kappa shape index (κ3) is 3.95. The number of aliphatic hydroxyl groups excluding tert-OH is 2. The van der Waals surface area contributed by atoms with Crippen molar-refractivity contribution in [3.8, 4) is 11.5 Å². The predicted octanol–water partition coefficient (Wildman–Crippen LogP) is 2.67. The molecule has 1 aromatic carbocycles. The first-order chi connectivity index (χ1) is 12.3. The monoisotopic (exact) mass is 382 g/mol. The quantitative estimate of drug-likeness (QED) is 0.402. The van der Waals surface area contributed by atoms with Crippen molar-refractivity contribution in [2.45, 2.75) is 44.2 Å². The van der Waals surface area contributed by atoms with Gasteiger partial charge in [-0.1, -0.05) is 17.7 Å². The van der Waals surface area contributed by atoms with Crippen molar-refractivity contribution in [1.29, 1.82) is 0 Å². The molecule has 4 N–H and O–H groups in total. The second-order valence-corrected chi connectivity index (χ2v) is 6.79. The number of phenols is 2. The summed E-state index contributed by atoms with van der Waals surface area (Å²) in [7, 11) is 0. The Kier molecular flexibility index (Phi) is 5.13. The molecule has 0 amide bonds. The molecule has 0 aromatic heterocycles. The summed E-state index contributed by atoms with van der Waals surface area (Å²) in [6.45, 7) is 1.69. The SMILES string of the molecule is C[C@@H]1C[C@H]2O[C@@H]2C[C@H](O)/C=C\C(O)=C/c2c(Cl)c(O)cc(O)c2C(=O)O1. The van der Waals surface area contributed by atoms with Crippen molar-refractivity contribution in [3.63, 3.8) is 0 Å². The summed E-state index contributed by atoms with van der Waals surface area (Å²) >= 11 is 6.04. The van der Waals surface area contributed by atoms with Gasteiger partial charge in [0.1, 0.15) is 28.9 Å². The number of benzene rings is 1. The Balaban J connectivity index is 2.06. The molecule has 7 nitrogen and oxygen atoms in total. The van der Waals surface area contributed by atoms with Crippen LogP contribution < -0.4 is 0 Å². The summed E-state index contributed by atoms with van der Waals surface area (Å²) in [5.74, 6) is -2.15. The minimum atomic E-state index is -0.839. The molecule has 0 radical (unpaired) electrons. The number of ether oxygens (including phenoxy) is 2. The average Bonchev–Trinajstić information content (AvgIpc) is 3.26. The van der Waals surface area contributed by atoms with E-state index in [1.165, 1.54) is 12.2 Å². The molecule has 3 rings (SSSR count). The number of allylic oxidation sites excluding steroid dienone is 1. The van der Waals surface area contributed by atoms with E-state index in [0.29, 0.717) is 12.8 Å². The maximum absolute atomic E-state index is 12.5. The Morgan fingerprint density at radius 1 is 1.15 bits per heavy atom. The molecule has 0 unspecified atom stereocenters. The number of phenolic OH excluding ortho intramolecular Hbond substituents is 2. The summed E-state index contributed by atoms with van der Waals surface area (Å²) in [4.78, 5) is 12.5. The van der Waals surface area contributed by atoms with Gasteiger partial charge in [-0.3, -0.25) is 0 Å². The highest BCUT2D eigenvalue weighted by molar-refractivity contribution is 6.34. The minimum Gasteiger partial charge on any atom is -0.508 e. The number of carbonyl (C=O) groups is 1. The van der Waals surface area contributed by atoms with E-state index in [1.54, 1.807) is 6.92 Å². The largest absolute Gasteiger partial charge is 0.508 e. The molecule has 26 heavy (non-hydrogen) atoms. The van der Waals surface area contributed by atoms with Gasteiger partial charge >= 0.3 is 5.97 Å². The van der Waals surface area contributed by atoms with Gasteiger partial charge in [0.05, 0.1) is 23.3 Å². The number of aromatic hydroxyl groups is 2. The zero-order valence-electron chi connectivity index (χ0n) is 13.9. The molecule has 0 aliphatic carbocycles. The van der Waals surface area contributed by atoms with E-state index < -0.39 is 29.7 Å². The number of esters is 1. The third-order valence-corrected chi connectivity index (χ3v) is 4.68. The van der Waals surface area contributed by atoms with Crippen LogP contribution in [-0.4, -0.2) is 50.8 Å². The number of aliphatic hydroxyl groups is 2. The molecule has 0 spiro atoms. The van der Waals surface area contributed by atoms with Crippen LogP contribution >= 0.6 is 11.6 Å². The van der Waals surface area contributed by atoms with Gasteiger partial charge in [0.25, 0.3) is 0 Å². The lowest BCUT2D eigenvalue weighted by molar-refractivity contribution is 0.0306. The van der Waals surface area contributed by atoms with Crippen LogP contribution in [0.15, 0.2) is 24.0 Å². The first-order valence-corrected chi connectivity index (χ1v) is 8.52. The van der Waals surface area contributed by atoms with Gasteiger partial charge in [0, 0.05) is 24.5 Å². The molecule has 8 heteroatoms. The molecule has 1 saturated heterocycles. The van der Waals surface area contributed by atoms with Crippen molar-refractivity contribution in [3.05, 3.63) is 40.1 Å². The topological polar surface area (TPSA) is 120 Å². The molecule has 2 aliphatic heterocycles. The second kappa shape index (κ2) is 7.19. The number of carbonyl (C=O) groups excluding carboxylic acids is 1. The molecule has 2 aliphatic rings. The van der Waals surface area contributed by atoms with Crippen LogP contribution in [0.25, 0.3) is 6.08 Å². The lowest BCUT2D eigenvalue weighted by atomic mass is 10.0. The van der Waals surface area contributed by atoms with Gasteiger partial charge in [-0.15, -0.1) is 0 Å². The summed E-state index contributed by atoms with van der Waals surface area (Å²) in [5.41, 5.74) is -0.360. The zero-order chi connectivity index (χ0) is 19.0. The average molecular weight is 383 g/mol. The van der Waals surface area contributed by atoms with Crippen molar-refractivity contribution in [2.75, 3.05) is 0 Å². The molecular weight excluding hydrogens is 364 g/mol. The smallest absolute Gasteiger partial charge is 0.342 e. The third-order valence-electron chi connectivity index (χ3n) is 4.28. The van der Waals surface area contributed by atoms with Crippen LogP contribution in [0.5, 0.6) is 11.5 Å². The molecule has 0 bridgehead atoms. The highest BCUT2D eigenvalue weighted by atomic mass is 35.5. The number of cyclic esters (lactones) is 1. The molecule has 0 saturated carbocycles. The Labute approximate surface area is 154 Å². The van der Waals surface area contributed by atoms with Crippen LogP contribution in [0.4, 0.5) is 0 Å². The van der Waals surface area contributed by atoms with Crippen LogP contribution in [-0.2, 0) is 9.47 Å². The Morgan fingerprint density at radius 2 is 1.85 bits per heavy atom. The fourth-order valence-corrected chi connectivity index (χ4v) is 3.14. The van der Waals surface area contributed by atoms with Crippen LogP contribution in [0.2, 0.25) is 5.02 Å². The van der Waals surface area contributed by atoms with E-state index in [4.69, 9.17) is 21.1 Å². The summed E-state index contributed by atoms with van der Waals surface area (Å²) < 4.78 is 10.8.